The van der Waals surface area contributed by atoms with Gasteiger partial charge in [-0.15, -0.1) is 5.10 Å². The van der Waals surface area contributed by atoms with E-state index in [0.717, 1.165) is 17.9 Å². The number of rotatable bonds is 5. The minimum atomic E-state index is 0.544. The fourth-order valence-corrected chi connectivity index (χ4v) is 1.37. The minimum absolute atomic E-state index is 0.544. The molecule has 2 aromatic rings. The second-order valence-electron chi connectivity index (χ2n) is 3.50. The van der Waals surface area contributed by atoms with E-state index in [9.17, 15) is 0 Å². The third-order valence-corrected chi connectivity index (χ3v) is 2.35. The van der Waals surface area contributed by atoms with Crippen LogP contribution in [-0.2, 0) is 13.1 Å². The number of nitrogens with zero attached hydrogens (tertiary/aromatic N) is 4. The second-order valence-corrected chi connectivity index (χ2v) is 3.50. The van der Waals surface area contributed by atoms with E-state index in [4.69, 9.17) is 4.74 Å². The maximum absolute atomic E-state index is 5.09. The van der Waals surface area contributed by atoms with Gasteiger partial charge in [0.2, 0.25) is 0 Å². The van der Waals surface area contributed by atoms with Crippen LogP contribution in [0.2, 0.25) is 0 Å². The van der Waals surface area contributed by atoms with Crippen molar-refractivity contribution < 1.29 is 4.74 Å². The van der Waals surface area contributed by atoms with Crippen molar-refractivity contribution in [2.24, 2.45) is 0 Å². The van der Waals surface area contributed by atoms with Gasteiger partial charge in [-0.3, -0.25) is 0 Å². The molecule has 0 aliphatic carbocycles. The summed E-state index contributed by atoms with van der Waals surface area (Å²) in [6, 6.07) is 7.84. The number of aromatic nitrogens is 4. The smallest absolute Gasteiger partial charge is 0.263 e. The Balaban J connectivity index is 1.92. The number of anilines is 1. The third kappa shape index (κ3) is 2.93. The zero-order valence-electron chi connectivity index (χ0n) is 9.92. The van der Waals surface area contributed by atoms with Crippen LogP contribution >= 0.6 is 0 Å². The van der Waals surface area contributed by atoms with Crippen molar-refractivity contribution in [3.8, 4) is 5.75 Å². The van der Waals surface area contributed by atoms with Gasteiger partial charge in [0.25, 0.3) is 5.95 Å². The summed E-state index contributed by atoms with van der Waals surface area (Å²) in [7, 11) is 1.65. The normalized spacial score (nSPS) is 10.2. The van der Waals surface area contributed by atoms with E-state index < -0.39 is 0 Å². The number of ether oxygens (including phenoxy) is 1. The number of hydrogen-bond donors (Lipinski definition) is 1. The maximum atomic E-state index is 5.09. The van der Waals surface area contributed by atoms with Crippen LogP contribution in [0.15, 0.2) is 24.3 Å². The van der Waals surface area contributed by atoms with Crippen LogP contribution in [0, 0.1) is 0 Å². The minimum Gasteiger partial charge on any atom is -0.497 e. The molecule has 0 unspecified atom stereocenters. The van der Waals surface area contributed by atoms with E-state index in [0.29, 0.717) is 12.5 Å². The monoisotopic (exact) mass is 233 g/mol. The Labute approximate surface area is 99.6 Å². The summed E-state index contributed by atoms with van der Waals surface area (Å²) in [5.41, 5.74) is 1.14. The topological polar surface area (TPSA) is 64.9 Å². The lowest BCUT2D eigenvalue weighted by Gasteiger charge is -2.03. The van der Waals surface area contributed by atoms with E-state index in [-0.39, 0.29) is 0 Å². The van der Waals surface area contributed by atoms with Gasteiger partial charge in [-0.25, -0.2) is 0 Å². The molecule has 2 rings (SSSR count). The fraction of sp³-hybridized carbons (Fsp3) is 0.364. The summed E-state index contributed by atoms with van der Waals surface area (Å²) in [4.78, 5) is 1.54. The standard InChI is InChI=1S/C11H15N5O/c1-3-16-14-11(13-15-16)12-8-9-4-6-10(17-2)7-5-9/h4-7H,3,8H2,1-2H3,(H,12,14). The predicted octanol–water partition coefficient (Wildman–Crippen LogP) is 1.31. The lowest BCUT2D eigenvalue weighted by molar-refractivity contribution is 0.414. The Bertz CT molecular complexity index is 465. The van der Waals surface area contributed by atoms with Crippen molar-refractivity contribution in [1.29, 1.82) is 0 Å². The summed E-state index contributed by atoms with van der Waals surface area (Å²) in [6.45, 7) is 3.35. The summed E-state index contributed by atoms with van der Waals surface area (Å²) in [5, 5.41) is 15.0. The lowest BCUT2D eigenvalue weighted by atomic mass is 10.2. The Morgan fingerprint density at radius 2 is 2.06 bits per heavy atom. The molecule has 6 heteroatoms. The molecule has 0 bridgehead atoms. The largest absolute Gasteiger partial charge is 0.497 e. The molecule has 1 N–H and O–H groups in total. The maximum Gasteiger partial charge on any atom is 0.263 e. The van der Waals surface area contributed by atoms with E-state index in [1.54, 1.807) is 7.11 Å². The van der Waals surface area contributed by atoms with Crippen molar-refractivity contribution in [3.63, 3.8) is 0 Å². The quantitative estimate of drug-likeness (QED) is 0.843. The van der Waals surface area contributed by atoms with Crippen molar-refractivity contribution >= 4 is 5.95 Å². The number of nitrogens with one attached hydrogen (secondary N) is 1. The first kappa shape index (κ1) is 11.4. The summed E-state index contributed by atoms with van der Waals surface area (Å²) >= 11 is 0. The Morgan fingerprint density at radius 1 is 1.29 bits per heavy atom. The van der Waals surface area contributed by atoms with Crippen molar-refractivity contribution in [2.45, 2.75) is 20.0 Å². The first-order valence-electron chi connectivity index (χ1n) is 5.46. The predicted molar refractivity (Wildman–Crippen MR) is 63.8 cm³/mol. The van der Waals surface area contributed by atoms with Gasteiger partial charge in [0.05, 0.1) is 13.7 Å². The van der Waals surface area contributed by atoms with Gasteiger partial charge in [0.15, 0.2) is 0 Å². The van der Waals surface area contributed by atoms with Gasteiger partial charge >= 0.3 is 0 Å². The molecule has 1 aromatic carbocycles. The van der Waals surface area contributed by atoms with E-state index in [1.807, 2.05) is 31.2 Å². The molecule has 0 fully saturated rings. The molecule has 1 aromatic heterocycles. The zero-order valence-corrected chi connectivity index (χ0v) is 9.92. The highest BCUT2D eigenvalue weighted by Gasteiger charge is 2.00. The number of aryl methyl sites for hydroxylation is 1. The number of hydrogen-bond acceptors (Lipinski definition) is 5. The van der Waals surface area contributed by atoms with Gasteiger partial charge in [0.1, 0.15) is 5.75 Å². The highest BCUT2D eigenvalue weighted by Crippen LogP contribution is 2.11. The van der Waals surface area contributed by atoms with E-state index in [1.165, 1.54) is 4.80 Å². The molecule has 0 amide bonds. The van der Waals surface area contributed by atoms with Crippen molar-refractivity contribution in [1.82, 2.24) is 20.2 Å². The molecule has 0 saturated heterocycles. The second kappa shape index (κ2) is 5.29. The number of tetrazole rings is 1. The molecule has 0 radical (unpaired) electrons. The molecule has 0 aliphatic rings. The highest BCUT2D eigenvalue weighted by atomic mass is 16.5. The van der Waals surface area contributed by atoms with Crippen LogP contribution in [0.25, 0.3) is 0 Å². The third-order valence-electron chi connectivity index (χ3n) is 2.35. The summed E-state index contributed by atoms with van der Waals surface area (Å²) in [5.74, 6) is 1.39. The van der Waals surface area contributed by atoms with Gasteiger partial charge in [-0.1, -0.05) is 17.2 Å². The summed E-state index contributed by atoms with van der Waals surface area (Å²) in [6.07, 6.45) is 0. The first-order chi connectivity index (χ1) is 8.31. The van der Waals surface area contributed by atoms with Gasteiger partial charge in [-0.05, 0) is 29.8 Å². The van der Waals surface area contributed by atoms with Crippen LogP contribution in [-0.4, -0.2) is 27.3 Å². The van der Waals surface area contributed by atoms with Gasteiger partial charge in [-0.2, -0.15) is 4.80 Å². The average Bonchev–Trinajstić information content (AvgIpc) is 2.85. The lowest BCUT2D eigenvalue weighted by Crippen LogP contribution is -2.02. The summed E-state index contributed by atoms with van der Waals surface area (Å²) < 4.78 is 5.09. The van der Waals surface area contributed by atoms with Crippen LogP contribution in [0.1, 0.15) is 12.5 Å². The SMILES string of the molecule is CCn1nnc(NCc2ccc(OC)cc2)n1. The first-order valence-corrected chi connectivity index (χ1v) is 5.46. The fourth-order valence-electron chi connectivity index (χ4n) is 1.37. The van der Waals surface area contributed by atoms with Crippen molar-refractivity contribution in [3.05, 3.63) is 29.8 Å². The Hall–Kier alpha value is -2.11. The number of benzene rings is 1. The van der Waals surface area contributed by atoms with Crippen molar-refractivity contribution in [2.75, 3.05) is 12.4 Å². The van der Waals surface area contributed by atoms with Crippen LogP contribution < -0.4 is 10.1 Å². The Kier molecular flexibility index (Phi) is 3.54. The molecular weight excluding hydrogens is 218 g/mol. The van der Waals surface area contributed by atoms with Crippen LogP contribution in [0.5, 0.6) is 5.75 Å². The molecule has 6 nitrogen and oxygen atoms in total. The van der Waals surface area contributed by atoms with Gasteiger partial charge in [0, 0.05) is 6.54 Å². The number of methoxy groups -OCH3 is 1. The molecular formula is C11H15N5O. The molecule has 0 spiro atoms. The van der Waals surface area contributed by atoms with Gasteiger partial charge < -0.3 is 10.1 Å². The molecule has 17 heavy (non-hydrogen) atoms. The average molecular weight is 233 g/mol. The van der Waals surface area contributed by atoms with E-state index >= 15 is 0 Å². The molecule has 90 valence electrons. The highest BCUT2D eigenvalue weighted by molar-refractivity contribution is 5.30. The zero-order chi connectivity index (χ0) is 12.1. The molecule has 0 saturated carbocycles. The molecule has 0 aliphatic heterocycles. The van der Waals surface area contributed by atoms with Crippen LogP contribution in [0.4, 0.5) is 5.95 Å². The molecule has 1 heterocycles. The van der Waals surface area contributed by atoms with E-state index in [2.05, 4.69) is 20.7 Å². The Morgan fingerprint density at radius 3 is 2.65 bits per heavy atom. The molecule has 0 atom stereocenters. The van der Waals surface area contributed by atoms with Crippen LogP contribution in [0.3, 0.4) is 0 Å².